The molecule has 1 amide bonds. The molecule has 0 aliphatic carbocycles. The molecule has 2 rings (SSSR count). The van der Waals surface area contributed by atoms with Crippen molar-refractivity contribution in [3.05, 3.63) is 60.2 Å². The predicted molar refractivity (Wildman–Crippen MR) is 87.9 cm³/mol. The Morgan fingerprint density at radius 3 is 2.43 bits per heavy atom. The van der Waals surface area contributed by atoms with Crippen molar-refractivity contribution >= 4 is 5.91 Å². The zero-order valence-electron chi connectivity index (χ0n) is 13.1. The highest BCUT2D eigenvalue weighted by Crippen LogP contribution is 2.18. The largest absolute Gasteiger partial charge is 0.490 e. The molecule has 0 saturated heterocycles. The Balaban J connectivity index is 1.86. The second-order valence-electron chi connectivity index (χ2n) is 5.07. The number of nitrogens with one attached hydrogen (secondary N) is 1. The lowest BCUT2D eigenvalue weighted by Gasteiger charge is -2.13. The van der Waals surface area contributed by atoms with Gasteiger partial charge in [-0.3, -0.25) is 4.79 Å². The molecule has 0 radical (unpaired) electrons. The predicted octanol–water partition coefficient (Wildman–Crippen LogP) is 2.26. The first-order valence-electron chi connectivity index (χ1n) is 7.53. The summed E-state index contributed by atoms with van der Waals surface area (Å²) < 4.78 is 11.2. The smallest absolute Gasteiger partial charge is 0.255 e. The van der Waals surface area contributed by atoms with Crippen molar-refractivity contribution in [3.8, 4) is 11.5 Å². The minimum absolute atomic E-state index is 0.199. The molecule has 5 heteroatoms. The third-order valence-corrected chi connectivity index (χ3v) is 3.04. The van der Waals surface area contributed by atoms with E-state index in [1.165, 1.54) is 0 Å². The molecular formula is C18H21NO4. The number of aliphatic hydroxyl groups excluding tert-OH is 1. The van der Waals surface area contributed by atoms with Crippen LogP contribution in [0, 0.1) is 0 Å². The van der Waals surface area contributed by atoms with E-state index in [2.05, 4.69) is 5.32 Å². The maximum absolute atomic E-state index is 12.1. The van der Waals surface area contributed by atoms with Crippen LogP contribution in [0.4, 0.5) is 0 Å². The molecule has 5 nitrogen and oxygen atoms in total. The van der Waals surface area contributed by atoms with E-state index in [0.29, 0.717) is 24.5 Å². The van der Waals surface area contributed by atoms with Crippen molar-refractivity contribution in [2.24, 2.45) is 0 Å². The standard InChI is InChI=1S/C18H21NO4/c1-14(20)13-19-18(21)16-9-5-6-10-17(16)23-12-11-22-15-7-3-2-4-8-15/h2-10,14,20H,11-13H2,1H3,(H,19,21). The van der Waals surface area contributed by atoms with Crippen molar-refractivity contribution in [1.82, 2.24) is 5.32 Å². The monoisotopic (exact) mass is 315 g/mol. The van der Waals surface area contributed by atoms with Gasteiger partial charge in [-0.1, -0.05) is 30.3 Å². The van der Waals surface area contributed by atoms with Crippen molar-refractivity contribution in [2.45, 2.75) is 13.0 Å². The maximum atomic E-state index is 12.1. The molecule has 0 fully saturated rings. The molecule has 1 unspecified atom stereocenters. The lowest BCUT2D eigenvalue weighted by Crippen LogP contribution is -2.30. The average molecular weight is 315 g/mol. The van der Waals surface area contributed by atoms with Crippen LogP contribution >= 0.6 is 0 Å². The minimum Gasteiger partial charge on any atom is -0.490 e. The van der Waals surface area contributed by atoms with E-state index in [1.807, 2.05) is 30.3 Å². The van der Waals surface area contributed by atoms with E-state index >= 15 is 0 Å². The van der Waals surface area contributed by atoms with E-state index in [1.54, 1.807) is 31.2 Å². The van der Waals surface area contributed by atoms with Crippen LogP contribution in [0.15, 0.2) is 54.6 Å². The summed E-state index contributed by atoms with van der Waals surface area (Å²) in [5.74, 6) is 0.997. The Bertz CT molecular complexity index is 613. The lowest BCUT2D eigenvalue weighted by atomic mass is 10.2. The van der Waals surface area contributed by atoms with Gasteiger partial charge in [-0.05, 0) is 31.2 Å². The first-order chi connectivity index (χ1) is 11.2. The number of ether oxygens (including phenoxy) is 2. The Labute approximate surface area is 135 Å². The van der Waals surface area contributed by atoms with Gasteiger partial charge < -0.3 is 19.9 Å². The van der Waals surface area contributed by atoms with Crippen LogP contribution in [-0.2, 0) is 0 Å². The van der Waals surface area contributed by atoms with Crippen LogP contribution in [0.2, 0.25) is 0 Å². The Morgan fingerprint density at radius 1 is 1.04 bits per heavy atom. The van der Waals surface area contributed by atoms with Crippen LogP contribution in [0.3, 0.4) is 0 Å². The van der Waals surface area contributed by atoms with Crippen LogP contribution < -0.4 is 14.8 Å². The summed E-state index contributed by atoms with van der Waals surface area (Å²) in [7, 11) is 0. The molecule has 0 aliphatic rings. The third kappa shape index (κ3) is 5.64. The highest BCUT2D eigenvalue weighted by atomic mass is 16.5. The Kier molecular flexibility index (Phi) is 6.44. The first kappa shape index (κ1) is 16.8. The molecule has 122 valence electrons. The Morgan fingerprint density at radius 2 is 1.70 bits per heavy atom. The summed E-state index contributed by atoms with van der Waals surface area (Å²) >= 11 is 0. The van der Waals surface area contributed by atoms with Crippen molar-refractivity contribution in [2.75, 3.05) is 19.8 Å². The molecule has 0 bridgehead atoms. The van der Waals surface area contributed by atoms with Gasteiger partial charge in [-0.25, -0.2) is 0 Å². The number of hydrogen-bond donors (Lipinski definition) is 2. The summed E-state index contributed by atoms with van der Waals surface area (Å²) in [4.78, 5) is 12.1. The van der Waals surface area contributed by atoms with Crippen LogP contribution in [-0.4, -0.2) is 36.9 Å². The molecule has 2 aromatic rings. The highest BCUT2D eigenvalue weighted by Gasteiger charge is 2.12. The first-order valence-corrected chi connectivity index (χ1v) is 7.53. The number of aliphatic hydroxyl groups is 1. The zero-order valence-corrected chi connectivity index (χ0v) is 13.1. The fourth-order valence-electron chi connectivity index (χ4n) is 1.94. The highest BCUT2D eigenvalue weighted by molar-refractivity contribution is 5.96. The summed E-state index contributed by atoms with van der Waals surface area (Å²) in [6.45, 7) is 2.52. The van der Waals surface area contributed by atoms with Gasteiger partial charge in [0.15, 0.2) is 0 Å². The van der Waals surface area contributed by atoms with Crippen molar-refractivity contribution in [3.63, 3.8) is 0 Å². The average Bonchev–Trinajstić information content (AvgIpc) is 2.58. The summed E-state index contributed by atoms with van der Waals surface area (Å²) in [6, 6.07) is 16.5. The fraction of sp³-hybridized carbons (Fsp3) is 0.278. The van der Waals surface area contributed by atoms with Gasteiger partial charge in [0.05, 0.1) is 11.7 Å². The molecule has 1 atom stereocenters. The van der Waals surface area contributed by atoms with Gasteiger partial charge in [-0.15, -0.1) is 0 Å². The summed E-state index contributed by atoms with van der Waals surface area (Å²) in [6.07, 6.45) is -0.591. The van der Waals surface area contributed by atoms with E-state index in [-0.39, 0.29) is 12.5 Å². The van der Waals surface area contributed by atoms with E-state index in [4.69, 9.17) is 9.47 Å². The van der Waals surface area contributed by atoms with Crippen molar-refractivity contribution < 1.29 is 19.4 Å². The van der Waals surface area contributed by atoms with E-state index in [9.17, 15) is 9.90 Å². The molecule has 0 aromatic heterocycles. The topological polar surface area (TPSA) is 67.8 Å². The fourth-order valence-corrected chi connectivity index (χ4v) is 1.94. The molecule has 2 N–H and O–H groups in total. The van der Waals surface area contributed by atoms with E-state index < -0.39 is 6.10 Å². The van der Waals surface area contributed by atoms with Crippen LogP contribution in [0.1, 0.15) is 17.3 Å². The number of hydrogen-bond acceptors (Lipinski definition) is 4. The molecule has 0 heterocycles. The van der Waals surface area contributed by atoms with Crippen molar-refractivity contribution in [1.29, 1.82) is 0 Å². The number of para-hydroxylation sites is 2. The minimum atomic E-state index is -0.591. The number of carbonyl (C=O) groups excluding carboxylic acids is 1. The van der Waals surface area contributed by atoms with Gasteiger partial charge in [-0.2, -0.15) is 0 Å². The number of rotatable bonds is 8. The number of amides is 1. The molecule has 0 spiro atoms. The van der Waals surface area contributed by atoms with E-state index in [0.717, 1.165) is 5.75 Å². The number of carbonyl (C=O) groups is 1. The quantitative estimate of drug-likeness (QED) is 0.733. The second-order valence-corrected chi connectivity index (χ2v) is 5.07. The van der Waals surface area contributed by atoms with Gasteiger partial charge in [0.2, 0.25) is 0 Å². The van der Waals surface area contributed by atoms with Gasteiger partial charge in [0.1, 0.15) is 24.7 Å². The molecule has 2 aromatic carbocycles. The summed E-state index contributed by atoms with van der Waals surface area (Å²) in [5, 5.41) is 11.9. The van der Waals surface area contributed by atoms with Gasteiger partial charge in [0, 0.05) is 6.54 Å². The van der Waals surface area contributed by atoms with Gasteiger partial charge >= 0.3 is 0 Å². The zero-order chi connectivity index (χ0) is 16.5. The number of benzene rings is 2. The Hall–Kier alpha value is -2.53. The SMILES string of the molecule is CC(O)CNC(=O)c1ccccc1OCCOc1ccccc1. The normalized spacial score (nSPS) is 11.6. The van der Waals surface area contributed by atoms with Gasteiger partial charge in [0.25, 0.3) is 5.91 Å². The molecule has 0 saturated carbocycles. The third-order valence-electron chi connectivity index (χ3n) is 3.04. The van der Waals surface area contributed by atoms with Crippen LogP contribution in [0.25, 0.3) is 0 Å². The molecule has 0 aliphatic heterocycles. The maximum Gasteiger partial charge on any atom is 0.255 e. The summed E-state index contributed by atoms with van der Waals surface area (Å²) in [5.41, 5.74) is 0.438. The molecular weight excluding hydrogens is 294 g/mol. The molecule has 23 heavy (non-hydrogen) atoms. The second kappa shape index (κ2) is 8.80. The lowest BCUT2D eigenvalue weighted by molar-refractivity contribution is 0.0919. The van der Waals surface area contributed by atoms with Crippen LogP contribution in [0.5, 0.6) is 11.5 Å².